The van der Waals surface area contributed by atoms with E-state index in [0.29, 0.717) is 0 Å². The fourth-order valence-corrected chi connectivity index (χ4v) is 2.94. The Kier molecular flexibility index (Phi) is 2.76. The molecule has 18 heavy (non-hydrogen) atoms. The lowest BCUT2D eigenvalue weighted by molar-refractivity contribution is 1.26. The fraction of sp³-hybridized carbons (Fsp3) is 0.133. The molecule has 1 aromatic heterocycles. The van der Waals surface area contributed by atoms with Crippen LogP contribution in [0.5, 0.6) is 0 Å². The van der Waals surface area contributed by atoms with Gasteiger partial charge in [0.05, 0.1) is 10.2 Å². The van der Waals surface area contributed by atoms with Crippen LogP contribution in [0.4, 0.5) is 0 Å². The van der Waals surface area contributed by atoms with Gasteiger partial charge in [-0.1, -0.05) is 24.3 Å². The predicted molar refractivity (Wildman–Crippen MR) is 78.2 cm³/mol. The summed E-state index contributed by atoms with van der Waals surface area (Å²) in [6, 6.07) is 8.24. The second-order valence-electron chi connectivity index (χ2n) is 4.39. The Hall–Kier alpha value is -1.87. The van der Waals surface area contributed by atoms with Crippen molar-refractivity contribution in [2.45, 2.75) is 13.3 Å². The van der Waals surface area contributed by atoms with E-state index in [1.807, 2.05) is 25.1 Å². The van der Waals surface area contributed by atoms with Gasteiger partial charge in [-0.3, -0.25) is 0 Å². The molecule has 0 spiro atoms. The number of allylic oxidation sites excluding steroid dienone is 5. The van der Waals surface area contributed by atoms with Gasteiger partial charge in [0.2, 0.25) is 0 Å². The van der Waals surface area contributed by atoms with Crippen molar-refractivity contribution in [3.63, 3.8) is 0 Å². The molecule has 1 aliphatic carbocycles. The predicted octanol–water partition coefficient (Wildman–Crippen LogP) is 3.87. The highest BCUT2D eigenvalue weighted by molar-refractivity contribution is 7.19. The molecule has 0 fully saturated rings. The van der Waals surface area contributed by atoms with Crippen LogP contribution in [0.3, 0.4) is 0 Å². The molecule has 90 valence electrons. The second-order valence-corrected chi connectivity index (χ2v) is 5.42. The van der Waals surface area contributed by atoms with E-state index in [0.717, 1.165) is 28.2 Å². The number of nitrogens with two attached hydrogens (primary N) is 1. The molecule has 2 aromatic rings. The normalized spacial score (nSPS) is 15.9. The van der Waals surface area contributed by atoms with E-state index >= 15 is 0 Å². The topological polar surface area (TPSA) is 38.9 Å². The third-order valence-electron chi connectivity index (χ3n) is 3.12. The molecule has 0 radical (unpaired) electrons. The zero-order valence-corrected chi connectivity index (χ0v) is 11.0. The van der Waals surface area contributed by atoms with Crippen molar-refractivity contribution < 1.29 is 0 Å². The lowest BCUT2D eigenvalue weighted by Gasteiger charge is -1.97. The third kappa shape index (κ3) is 1.97. The summed E-state index contributed by atoms with van der Waals surface area (Å²) in [6.45, 7) is 2.04. The Labute approximate surface area is 110 Å². The van der Waals surface area contributed by atoms with Gasteiger partial charge in [0.1, 0.15) is 5.01 Å². The van der Waals surface area contributed by atoms with Gasteiger partial charge in [-0.05, 0) is 42.7 Å². The number of hydrogen-bond acceptors (Lipinski definition) is 3. The highest BCUT2D eigenvalue weighted by Gasteiger charge is 2.09. The number of hydrogen-bond donors (Lipinski definition) is 1. The molecule has 0 unspecified atom stereocenters. The summed E-state index contributed by atoms with van der Waals surface area (Å²) < 4.78 is 1.23. The number of rotatable bonds is 1. The maximum atomic E-state index is 5.92. The Balaban J connectivity index is 2.05. The maximum Gasteiger partial charge on any atom is 0.120 e. The average molecular weight is 254 g/mol. The number of nitrogens with zero attached hydrogens (tertiary/aromatic N) is 1. The van der Waals surface area contributed by atoms with Crippen LogP contribution in [-0.4, -0.2) is 4.98 Å². The summed E-state index contributed by atoms with van der Waals surface area (Å²) in [7, 11) is 0. The lowest BCUT2D eigenvalue weighted by Crippen LogP contribution is -1.96. The van der Waals surface area contributed by atoms with E-state index in [9.17, 15) is 0 Å². The van der Waals surface area contributed by atoms with Crippen LogP contribution in [0.1, 0.15) is 18.4 Å². The quantitative estimate of drug-likeness (QED) is 0.839. The number of para-hydroxylation sites is 1. The molecule has 1 aliphatic rings. The maximum absolute atomic E-state index is 5.92. The molecule has 0 bridgehead atoms. The second kappa shape index (κ2) is 4.42. The molecule has 2 nitrogen and oxygen atoms in total. The largest absolute Gasteiger partial charge is 0.399 e. The van der Waals surface area contributed by atoms with E-state index < -0.39 is 0 Å². The molecule has 1 heterocycles. The first-order chi connectivity index (χ1) is 8.74. The zero-order valence-electron chi connectivity index (χ0n) is 10.2. The van der Waals surface area contributed by atoms with Crippen molar-refractivity contribution in [2.75, 3.05) is 0 Å². The Bertz CT molecular complexity index is 656. The first-order valence-electron chi connectivity index (χ1n) is 5.93. The van der Waals surface area contributed by atoms with E-state index in [2.05, 4.69) is 29.3 Å². The van der Waals surface area contributed by atoms with Gasteiger partial charge in [0, 0.05) is 5.70 Å². The molecular weight excluding hydrogens is 240 g/mol. The van der Waals surface area contributed by atoms with Crippen molar-refractivity contribution in [3.05, 3.63) is 58.8 Å². The van der Waals surface area contributed by atoms with Crippen LogP contribution >= 0.6 is 11.3 Å². The summed E-state index contributed by atoms with van der Waals surface area (Å²) in [5.74, 6) is 0. The number of fused-ring (bicyclic) bond motifs is 1. The minimum absolute atomic E-state index is 0.839. The number of benzene rings is 1. The molecule has 0 saturated heterocycles. The van der Waals surface area contributed by atoms with E-state index in [-0.39, 0.29) is 0 Å². The van der Waals surface area contributed by atoms with Gasteiger partial charge in [0.15, 0.2) is 0 Å². The van der Waals surface area contributed by atoms with E-state index in [1.54, 1.807) is 11.3 Å². The standard InChI is InChI=1S/C15H14N2S/c1-10-6-7-11(8-9-12(10)16)15-17-13-4-2-3-5-14(13)18-15/h2-6,8-9H,7,16H2,1H3. The molecule has 0 amide bonds. The van der Waals surface area contributed by atoms with Crippen molar-refractivity contribution in [1.82, 2.24) is 4.98 Å². The SMILES string of the molecule is CC1=CCC(c2nc3ccccc3s2)=CC=C1N. The lowest BCUT2D eigenvalue weighted by atomic mass is 10.1. The minimum atomic E-state index is 0.839. The Morgan fingerprint density at radius 3 is 2.89 bits per heavy atom. The van der Waals surface area contributed by atoms with Gasteiger partial charge in [-0.25, -0.2) is 4.98 Å². The summed E-state index contributed by atoms with van der Waals surface area (Å²) in [4.78, 5) is 4.68. The molecule has 0 aliphatic heterocycles. The Morgan fingerprint density at radius 1 is 1.22 bits per heavy atom. The molecule has 3 heteroatoms. The number of aromatic nitrogens is 1. The summed E-state index contributed by atoms with van der Waals surface area (Å²) in [5.41, 5.74) is 10.2. The van der Waals surface area contributed by atoms with Crippen molar-refractivity contribution in [1.29, 1.82) is 0 Å². The summed E-state index contributed by atoms with van der Waals surface area (Å²) in [6.07, 6.45) is 7.11. The van der Waals surface area contributed by atoms with Crippen LogP contribution in [-0.2, 0) is 0 Å². The van der Waals surface area contributed by atoms with Crippen LogP contribution < -0.4 is 5.73 Å². The summed E-state index contributed by atoms with van der Waals surface area (Å²) >= 11 is 1.74. The van der Waals surface area contributed by atoms with Gasteiger partial charge in [-0.2, -0.15) is 0 Å². The molecular formula is C15H14N2S. The van der Waals surface area contributed by atoms with Crippen LogP contribution in [0.25, 0.3) is 15.8 Å². The van der Waals surface area contributed by atoms with Crippen molar-refractivity contribution in [3.8, 4) is 0 Å². The fourth-order valence-electron chi connectivity index (χ4n) is 1.94. The van der Waals surface area contributed by atoms with Gasteiger partial charge < -0.3 is 5.73 Å². The first-order valence-corrected chi connectivity index (χ1v) is 6.75. The molecule has 0 atom stereocenters. The average Bonchev–Trinajstić information content (AvgIpc) is 2.74. The zero-order chi connectivity index (χ0) is 12.5. The highest BCUT2D eigenvalue weighted by atomic mass is 32.1. The minimum Gasteiger partial charge on any atom is -0.399 e. The van der Waals surface area contributed by atoms with Gasteiger partial charge in [-0.15, -0.1) is 11.3 Å². The van der Waals surface area contributed by atoms with Crippen molar-refractivity contribution in [2.24, 2.45) is 5.73 Å². The third-order valence-corrected chi connectivity index (χ3v) is 4.23. The van der Waals surface area contributed by atoms with E-state index in [1.165, 1.54) is 10.3 Å². The molecule has 1 aromatic carbocycles. The first kappa shape index (κ1) is 11.2. The number of thiazole rings is 1. The van der Waals surface area contributed by atoms with Crippen molar-refractivity contribution >= 4 is 27.1 Å². The van der Waals surface area contributed by atoms with Crippen LogP contribution in [0.15, 0.2) is 53.8 Å². The smallest absolute Gasteiger partial charge is 0.120 e. The Morgan fingerprint density at radius 2 is 2.06 bits per heavy atom. The molecule has 0 saturated carbocycles. The highest BCUT2D eigenvalue weighted by Crippen LogP contribution is 2.30. The van der Waals surface area contributed by atoms with Crippen LogP contribution in [0, 0.1) is 0 Å². The van der Waals surface area contributed by atoms with Gasteiger partial charge >= 0.3 is 0 Å². The monoisotopic (exact) mass is 254 g/mol. The van der Waals surface area contributed by atoms with Gasteiger partial charge in [0.25, 0.3) is 0 Å². The molecule has 2 N–H and O–H groups in total. The van der Waals surface area contributed by atoms with Crippen LogP contribution in [0.2, 0.25) is 0 Å². The molecule has 3 rings (SSSR count). The summed E-state index contributed by atoms with van der Waals surface area (Å²) in [5, 5.41) is 1.09. The van der Waals surface area contributed by atoms with E-state index in [4.69, 9.17) is 5.73 Å².